The van der Waals surface area contributed by atoms with Gasteiger partial charge >= 0.3 is 0 Å². The van der Waals surface area contributed by atoms with E-state index in [-0.39, 0.29) is 13.2 Å². The molecule has 0 aromatic rings. The fourth-order valence-electron chi connectivity index (χ4n) is 0.807. The van der Waals surface area contributed by atoms with E-state index in [4.69, 9.17) is 4.74 Å². The first-order valence-corrected chi connectivity index (χ1v) is 4.12. The highest BCUT2D eigenvalue weighted by Crippen LogP contribution is 1.99. The number of ether oxygens (including phenoxy) is 1. The molecule has 2 unspecified atom stereocenters. The number of hydrogen-bond donors (Lipinski definition) is 0. The molecule has 0 aliphatic rings. The summed E-state index contributed by atoms with van der Waals surface area (Å²) in [7, 11) is 0. The van der Waals surface area contributed by atoms with Crippen molar-refractivity contribution in [2.45, 2.75) is 26.1 Å². The van der Waals surface area contributed by atoms with Crippen LogP contribution in [-0.2, 0) is 14.4 Å². The predicted octanol–water partition coefficient (Wildman–Crippen LogP) is 0.197. The van der Waals surface area contributed by atoms with E-state index in [2.05, 4.69) is 9.68 Å². The van der Waals surface area contributed by atoms with Crippen LogP contribution in [0.1, 0.15) is 13.8 Å². The third-order valence-corrected chi connectivity index (χ3v) is 1.29. The third-order valence-electron chi connectivity index (χ3n) is 1.29. The highest BCUT2D eigenvalue weighted by Gasteiger charge is 2.11. The molecule has 9 nitrogen and oxygen atoms in total. The molecule has 0 heterocycles. The molecule has 0 rings (SSSR count). The lowest BCUT2D eigenvalue weighted by molar-refractivity contribution is -0.761. The van der Waals surface area contributed by atoms with E-state index in [1.54, 1.807) is 13.8 Å². The lowest BCUT2D eigenvalue weighted by Gasteiger charge is -2.17. The first-order chi connectivity index (χ1) is 6.91. The van der Waals surface area contributed by atoms with Crippen LogP contribution in [0.2, 0.25) is 0 Å². The summed E-state index contributed by atoms with van der Waals surface area (Å²) in [5.74, 6) is 0. The van der Waals surface area contributed by atoms with Gasteiger partial charge in [0.15, 0.2) is 0 Å². The Morgan fingerprint density at radius 2 is 1.33 bits per heavy atom. The summed E-state index contributed by atoms with van der Waals surface area (Å²) in [6.07, 6.45) is -1.08. The van der Waals surface area contributed by atoms with Crippen molar-refractivity contribution in [3.63, 3.8) is 0 Å². The van der Waals surface area contributed by atoms with Crippen LogP contribution in [-0.4, -0.2) is 35.6 Å². The van der Waals surface area contributed by atoms with Crippen LogP contribution >= 0.6 is 0 Å². The van der Waals surface area contributed by atoms with Gasteiger partial charge in [0.25, 0.3) is 10.2 Å². The molecule has 0 spiro atoms. The zero-order valence-electron chi connectivity index (χ0n) is 8.32. The molecule has 0 amide bonds. The summed E-state index contributed by atoms with van der Waals surface area (Å²) in [6.45, 7) is 2.64. The van der Waals surface area contributed by atoms with Gasteiger partial charge in [-0.2, -0.15) is 0 Å². The molecule has 88 valence electrons. The molecule has 0 saturated carbocycles. The Hall–Kier alpha value is -1.64. The molecular formula is C6H12N2O7. The fraction of sp³-hybridized carbons (Fsp3) is 1.00. The average molecular weight is 224 g/mol. The van der Waals surface area contributed by atoms with Crippen LogP contribution in [0.3, 0.4) is 0 Å². The van der Waals surface area contributed by atoms with Crippen molar-refractivity contribution in [3.8, 4) is 0 Å². The van der Waals surface area contributed by atoms with Gasteiger partial charge < -0.3 is 14.4 Å². The van der Waals surface area contributed by atoms with Gasteiger partial charge in [-0.05, 0) is 13.8 Å². The molecule has 0 N–H and O–H groups in total. The quantitative estimate of drug-likeness (QED) is 0.427. The van der Waals surface area contributed by atoms with Crippen LogP contribution in [0.5, 0.6) is 0 Å². The lowest BCUT2D eigenvalue weighted by atomic mass is 10.4. The second-order valence-electron chi connectivity index (χ2n) is 2.80. The Kier molecular flexibility index (Phi) is 6.02. The second kappa shape index (κ2) is 6.76. The zero-order chi connectivity index (χ0) is 11.8. The number of hydrogen-bond acceptors (Lipinski definition) is 7. The van der Waals surface area contributed by atoms with Gasteiger partial charge in [0.05, 0.1) is 12.2 Å². The van der Waals surface area contributed by atoms with Crippen molar-refractivity contribution in [1.29, 1.82) is 0 Å². The highest BCUT2D eigenvalue weighted by molar-refractivity contribution is 4.52. The SMILES string of the molecule is CC(CO[N+](=O)[O-])OC(C)CO[N+](=O)[O-]. The smallest absolute Gasteiger partial charge is 0.294 e. The molecule has 0 bridgehead atoms. The molecule has 0 aliphatic heterocycles. The molecule has 0 radical (unpaired) electrons. The second-order valence-corrected chi connectivity index (χ2v) is 2.80. The summed E-state index contributed by atoms with van der Waals surface area (Å²) in [6, 6.07) is 0. The first-order valence-electron chi connectivity index (χ1n) is 4.12. The van der Waals surface area contributed by atoms with Crippen molar-refractivity contribution in [2.75, 3.05) is 13.2 Å². The summed E-state index contributed by atoms with van der Waals surface area (Å²) in [5.41, 5.74) is 0. The lowest BCUT2D eigenvalue weighted by Crippen LogP contribution is -2.27. The van der Waals surface area contributed by atoms with Gasteiger partial charge in [-0.1, -0.05) is 0 Å². The van der Waals surface area contributed by atoms with Crippen LogP contribution in [0.4, 0.5) is 0 Å². The fourth-order valence-corrected chi connectivity index (χ4v) is 0.807. The van der Waals surface area contributed by atoms with Gasteiger partial charge in [0.1, 0.15) is 13.2 Å². The molecule has 0 fully saturated rings. The van der Waals surface area contributed by atoms with E-state index >= 15 is 0 Å². The Morgan fingerprint density at radius 1 is 1.00 bits per heavy atom. The predicted molar refractivity (Wildman–Crippen MR) is 45.9 cm³/mol. The summed E-state index contributed by atoms with van der Waals surface area (Å²) >= 11 is 0. The molecule has 9 heteroatoms. The van der Waals surface area contributed by atoms with Crippen molar-refractivity contribution >= 4 is 0 Å². The Balaban J connectivity index is 3.61. The van der Waals surface area contributed by atoms with E-state index in [1.807, 2.05) is 0 Å². The van der Waals surface area contributed by atoms with Crippen molar-refractivity contribution in [3.05, 3.63) is 20.2 Å². The minimum Gasteiger partial charge on any atom is -0.372 e. The van der Waals surface area contributed by atoms with Gasteiger partial charge in [0.2, 0.25) is 0 Å². The van der Waals surface area contributed by atoms with E-state index in [9.17, 15) is 20.2 Å². The molecule has 0 saturated heterocycles. The van der Waals surface area contributed by atoms with E-state index in [1.165, 1.54) is 0 Å². The Bertz CT molecular complexity index is 200. The first kappa shape index (κ1) is 13.4. The molecule has 0 aromatic carbocycles. The summed E-state index contributed by atoms with van der Waals surface area (Å²) in [5, 5.41) is 17.8. The van der Waals surface area contributed by atoms with Crippen LogP contribution in [0.15, 0.2) is 0 Å². The molecule has 15 heavy (non-hydrogen) atoms. The molecule has 0 aliphatic carbocycles. The standard InChI is InChI=1S/C6H12N2O7/c1-5(3-13-7(9)10)15-6(2)4-14-8(11)12/h5-6H,3-4H2,1-2H3. The normalized spacial score (nSPS) is 14.0. The number of nitrogens with zero attached hydrogens (tertiary/aromatic N) is 2. The number of rotatable bonds is 8. The molecule has 0 aromatic heterocycles. The van der Waals surface area contributed by atoms with Crippen LogP contribution in [0, 0.1) is 20.2 Å². The highest BCUT2D eigenvalue weighted by atomic mass is 17.0. The van der Waals surface area contributed by atoms with E-state index in [0.717, 1.165) is 0 Å². The van der Waals surface area contributed by atoms with Crippen LogP contribution < -0.4 is 0 Å². The van der Waals surface area contributed by atoms with Crippen molar-refractivity contribution < 1.29 is 24.6 Å². The Morgan fingerprint density at radius 3 is 1.60 bits per heavy atom. The monoisotopic (exact) mass is 224 g/mol. The molecular weight excluding hydrogens is 212 g/mol. The van der Waals surface area contributed by atoms with Gasteiger partial charge in [-0.3, -0.25) is 0 Å². The van der Waals surface area contributed by atoms with Crippen LogP contribution in [0.25, 0.3) is 0 Å². The average Bonchev–Trinajstić information content (AvgIpc) is 2.11. The van der Waals surface area contributed by atoms with Gasteiger partial charge in [0, 0.05) is 0 Å². The minimum absolute atomic E-state index is 0.226. The maximum absolute atomic E-state index is 9.82. The van der Waals surface area contributed by atoms with Gasteiger partial charge in [-0.25, -0.2) is 0 Å². The third kappa shape index (κ3) is 8.68. The van der Waals surface area contributed by atoms with Crippen molar-refractivity contribution in [1.82, 2.24) is 0 Å². The Labute approximate surface area is 85.1 Å². The minimum atomic E-state index is -0.932. The largest absolute Gasteiger partial charge is 0.372 e. The van der Waals surface area contributed by atoms with Gasteiger partial charge in [-0.15, -0.1) is 20.2 Å². The maximum atomic E-state index is 9.82. The topological polar surface area (TPSA) is 114 Å². The van der Waals surface area contributed by atoms with Crippen molar-refractivity contribution in [2.24, 2.45) is 0 Å². The summed E-state index contributed by atoms with van der Waals surface area (Å²) in [4.78, 5) is 27.7. The maximum Gasteiger partial charge on any atom is 0.294 e. The zero-order valence-corrected chi connectivity index (χ0v) is 8.32. The molecule has 2 atom stereocenters. The van der Waals surface area contributed by atoms with E-state index < -0.39 is 22.4 Å². The van der Waals surface area contributed by atoms with E-state index in [0.29, 0.717) is 0 Å². The summed E-state index contributed by atoms with van der Waals surface area (Å²) < 4.78 is 5.09.